The number of hydrogen-bond acceptors (Lipinski definition) is 2. The molecule has 1 N–H and O–H groups in total. The molecule has 0 aliphatic carbocycles. The molecular formula is C17H17NO. The van der Waals surface area contributed by atoms with E-state index in [4.69, 9.17) is 0 Å². The van der Waals surface area contributed by atoms with Crippen LogP contribution in [0.4, 0.5) is 5.69 Å². The van der Waals surface area contributed by atoms with Crippen molar-refractivity contribution in [3.05, 3.63) is 65.2 Å². The summed E-state index contributed by atoms with van der Waals surface area (Å²) in [7, 11) is 0. The molecule has 0 bridgehead atoms. The summed E-state index contributed by atoms with van der Waals surface area (Å²) in [6.45, 7) is 0. The van der Waals surface area contributed by atoms with Crippen molar-refractivity contribution < 1.29 is 4.79 Å². The number of nitrogens with one attached hydrogen (secondary N) is 1. The van der Waals surface area contributed by atoms with Crippen LogP contribution in [0.15, 0.2) is 48.5 Å². The van der Waals surface area contributed by atoms with Crippen molar-refractivity contribution in [3.8, 4) is 0 Å². The van der Waals surface area contributed by atoms with Gasteiger partial charge in [0, 0.05) is 12.1 Å². The van der Waals surface area contributed by atoms with Gasteiger partial charge in [-0.05, 0) is 35.6 Å². The smallest absolute Gasteiger partial charge is 0.124 e. The Morgan fingerprint density at radius 3 is 2.79 bits per heavy atom. The minimum Gasteiger partial charge on any atom is -0.378 e. The van der Waals surface area contributed by atoms with E-state index in [1.165, 1.54) is 16.8 Å². The Morgan fingerprint density at radius 1 is 1.16 bits per heavy atom. The average Bonchev–Trinajstić information content (AvgIpc) is 2.48. The summed E-state index contributed by atoms with van der Waals surface area (Å²) in [6, 6.07) is 17.2. The highest BCUT2D eigenvalue weighted by molar-refractivity contribution is 5.60. The zero-order chi connectivity index (χ0) is 13.1. The van der Waals surface area contributed by atoms with Gasteiger partial charge in [-0.3, -0.25) is 0 Å². The third-order valence-corrected chi connectivity index (χ3v) is 3.72. The van der Waals surface area contributed by atoms with E-state index in [1.807, 2.05) is 12.1 Å². The van der Waals surface area contributed by atoms with Gasteiger partial charge in [-0.15, -0.1) is 0 Å². The van der Waals surface area contributed by atoms with Gasteiger partial charge < -0.3 is 10.1 Å². The third-order valence-electron chi connectivity index (χ3n) is 3.72. The van der Waals surface area contributed by atoms with Crippen LogP contribution >= 0.6 is 0 Å². The van der Waals surface area contributed by atoms with Crippen molar-refractivity contribution in [2.24, 2.45) is 0 Å². The number of rotatable bonds is 3. The Bertz CT molecular complexity index is 577. The lowest BCUT2D eigenvalue weighted by Crippen LogP contribution is -2.18. The van der Waals surface area contributed by atoms with E-state index < -0.39 is 0 Å². The van der Waals surface area contributed by atoms with E-state index in [2.05, 4.69) is 41.7 Å². The van der Waals surface area contributed by atoms with E-state index in [0.717, 1.165) is 24.7 Å². The molecule has 0 spiro atoms. The molecule has 1 heterocycles. The van der Waals surface area contributed by atoms with E-state index in [-0.39, 0.29) is 0 Å². The molecule has 2 nitrogen and oxygen atoms in total. The Hall–Kier alpha value is -2.09. The van der Waals surface area contributed by atoms with Gasteiger partial charge in [0.2, 0.25) is 0 Å². The molecule has 0 fully saturated rings. The topological polar surface area (TPSA) is 29.1 Å². The second-order valence-corrected chi connectivity index (χ2v) is 5.01. The van der Waals surface area contributed by atoms with Gasteiger partial charge in [-0.25, -0.2) is 0 Å². The molecule has 1 unspecified atom stereocenters. The van der Waals surface area contributed by atoms with Crippen LogP contribution in [-0.2, 0) is 17.6 Å². The van der Waals surface area contributed by atoms with Crippen molar-refractivity contribution in [2.75, 3.05) is 5.32 Å². The maximum atomic E-state index is 10.6. The Morgan fingerprint density at radius 2 is 2.00 bits per heavy atom. The van der Waals surface area contributed by atoms with Gasteiger partial charge in [0.25, 0.3) is 0 Å². The molecule has 0 amide bonds. The molecule has 2 aromatic rings. The molecule has 2 heteroatoms. The first-order valence-corrected chi connectivity index (χ1v) is 6.74. The Kier molecular flexibility index (Phi) is 3.32. The second kappa shape index (κ2) is 5.27. The molecule has 1 aliphatic heterocycles. The van der Waals surface area contributed by atoms with E-state index >= 15 is 0 Å². The van der Waals surface area contributed by atoms with Crippen LogP contribution in [-0.4, -0.2) is 6.29 Å². The maximum Gasteiger partial charge on any atom is 0.124 e. The maximum absolute atomic E-state index is 10.6. The highest BCUT2D eigenvalue weighted by Crippen LogP contribution is 2.32. The molecule has 0 saturated heterocycles. The molecule has 1 atom stereocenters. The zero-order valence-electron chi connectivity index (χ0n) is 10.8. The van der Waals surface area contributed by atoms with Crippen molar-refractivity contribution in [3.63, 3.8) is 0 Å². The fraction of sp³-hybridized carbons (Fsp3) is 0.235. The lowest BCUT2D eigenvalue weighted by atomic mass is 9.92. The highest BCUT2D eigenvalue weighted by Gasteiger charge is 2.18. The third kappa shape index (κ3) is 2.53. The molecule has 1 aliphatic rings. The minimum atomic E-state index is 0.394. The normalized spacial score (nSPS) is 17.4. The monoisotopic (exact) mass is 251 g/mol. The number of hydrogen-bond donors (Lipinski definition) is 1. The first-order valence-electron chi connectivity index (χ1n) is 6.74. The number of anilines is 1. The molecule has 96 valence electrons. The number of aryl methyl sites for hydroxylation is 1. The van der Waals surface area contributed by atoms with Crippen LogP contribution in [0.3, 0.4) is 0 Å². The number of carbonyl (C=O) groups excluding carboxylic acids is 1. The molecule has 3 rings (SSSR count). The van der Waals surface area contributed by atoms with Crippen LogP contribution < -0.4 is 5.32 Å². The summed E-state index contributed by atoms with van der Waals surface area (Å²) >= 11 is 0. The average molecular weight is 251 g/mol. The molecule has 0 saturated carbocycles. The molecule has 2 aromatic carbocycles. The van der Waals surface area contributed by atoms with Crippen LogP contribution in [0.25, 0.3) is 0 Å². The lowest BCUT2D eigenvalue weighted by Gasteiger charge is -2.27. The van der Waals surface area contributed by atoms with Crippen molar-refractivity contribution in [1.29, 1.82) is 0 Å². The first-order chi connectivity index (χ1) is 9.36. The van der Waals surface area contributed by atoms with Gasteiger partial charge in [0.05, 0.1) is 6.04 Å². The largest absolute Gasteiger partial charge is 0.378 e. The summed E-state index contributed by atoms with van der Waals surface area (Å²) in [6.07, 6.45) is 3.64. The number of fused-ring (bicyclic) bond motifs is 1. The lowest BCUT2D eigenvalue weighted by molar-refractivity contribution is -0.107. The Balaban J connectivity index is 1.83. The fourth-order valence-electron chi connectivity index (χ4n) is 2.71. The van der Waals surface area contributed by atoms with Crippen LogP contribution in [0.5, 0.6) is 0 Å². The quantitative estimate of drug-likeness (QED) is 0.845. The first kappa shape index (κ1) is 12.0. The standard InChI is InChI=1S/C17H17NO/c19-11-10-13-6-8-17-15(12-13)7-9-16(18-17)14-4-2-1-3-5-14/h1-6,8,11-12,16,18H,7,9-10H2. The van der Waals surface area contributed by atoms with E-state index in [9.17, 15) is 4.79 Å². The summed E-state index contributed by atoms with van der Waals surface area (Å²) in [5, 5.41) is 3.59. The summed E-state index contributed by atoms with van der Waals surface area (Å²) in [5.41, 5.74) is 4.97. The number of carbonyl (C=O) groups is 1. The minimum absolute atomic E-state index is 0.394. The highest BCUT2D eigenvalue weighted by atomic mass is 16.1. The summed E-state index contributed by atoms with van der Waals surface area (Å²) in [5.74, 6) is 0. The van der Waals surface area contributed by atoms with Gasteiger partial charge in [0.15, 0.2) is 0 Å². The van der Waals surface area contributed by atoms with Gasteiger partial charge in [0.1, 0.15) is 6.29 Å². The van der Waals surface area contributed by atoms with Gasteiger partial charge in [-0.1, -0.05) is 42.5 Å². The SMILES string of the molecule is O=CCc1ccc2c(c1)CCC(c1ccccc1)N2. The van der Waals surface area contributed by atoms with Crippen LogP contribution in [0, 0.1) is 0 Å². The predicted molar refractivity (Wildman–Crippen MR) is 77.3 cm³/mol. The van der Waals surface area contributed by atoms with Gasteiger partial charge in [-0.2, -0.15) is 0 Å². The van der Waals surface area contributed by atoms with Crippen molar-refractivity contribution in [2.45, 2.75) is 25.3 Å². The summed E-state index contributed by atoms with van der Waals surface area (Å²) < 4.78 is 0. The van der Waals surface area contributed by atoms with Crippen LogP contribution in [0.2, 0.25) is 0 Å². The van der Waals surface area contributed by atoms with Crippen molar-refractivity contribution >= 4 is 12.0 Å². The van der Waals surface area contributed by atoms with Gasteiger partial charge >= 0.3 is 0 Å². The predicted octanol–water partition coefficient (Wildman–Crippen LogP) is 3.53. The molecular weight excluding hydrogens is 234 g/mol. The van der Waals surface area contributed by atoms with Crippen LogP contribution in [0.1, 0.15) is 29.2 Å². The van der Waals surface area contributed by atoms with Crippen molar-refractivity contribution in [1.82, 2.24) is 0 Å². The molecule has 0 aromatic heterocycles. The number of aldehydes is 1. The molecule has 19 heavy (non-hydrogen) atoms. The Labute approximate surface area is 113 Å². The summed E-state index contributed by atoms with van der Waals surface area (Å²) in [4.78, 5) is 10.6. The molecule has 0 radical (unpaired) electrons. The fourth-order valence-corrected chi connectivity index (χ4v) is 2.71. The van der Waals surface area contributed by atoms with E-state index in [1.54, 1.807) is 0 Å². The van der Waals surface area contributed by atoms with E-state index in [0.29, 0.717) is 12.5 Å². The number of benzene rings is 2. The zero-order valence-corrected chi connectivity index (χ0v) is 10.8. The second-order valence-electron chi connectivity index (χ2n) is 5.01.